The molecule has 5 nitrogen and oxygen atoms in total. The van der Waals surface area contributed by atoms with Crippen LogP contribution in [-0.2, 0) is 20.2 Å². The third-order valence-electron chi connectivity index (χ3n) is 5.21. The molecule has 0 atom stereocenters. The number of nitrogens with zero attached hydrogens (tertiary/aromatic N) is 3. The van der Waals surface area contributed by atoms with Crippen LogP contribution in [0.3, 0.4) is 0 Å². The summed E-state index contributed by atoms with van der Waals surface area (Å²) in [5, 5.41) is 6.42. The SMILES string of the molecule is Cc1cccc(OCc2csc(C(=O)N(C)Cc3c(C)nn(C)c3C)c2)c1C. The largest absolute Gasteiger partial charge is 0.489 e. The molecular weight excluding hydrogens is 370 g/mol. The van der Waals surface area contributed by atoms with Crippen molar-refractivity contribution < 1.29 is 9.53 Å². The number of aryl methyl sites for hydroxylation is 3. The Labute approximate surface area is 170 Å². The van der Waals surface area contributed by atoms with E-state index in [0.717, 1.165) is 38.7 Å². The highest BCUT2D eigenvalue weighted by Crippen LogP contribution is 2.24. The van der Waals surface area contributed by atoms with E-state index in [9.17, 15) is 4.79 Å². The fraction of sp³-hybridized carbons (Fsp3) is 0.364. The third-order valence-corrected chi connectivity index (χ3v) is 6.18. The van der Waals surface area contributed by atoms with Gasteiger partial charge in [0, 0.05) is 37.5 Å². The summed E-state index contributed by atoms with van der Waals surface area (Å²) < 4.78 is 7.82. The van der Waals surface area contributed by atoms with Crippen LogP contribution in [0.4, 0.5) is 0 Å². The van der Waals surface area contributed by atoms with Crippen LogP contribution in [0.5, 0.6) is 5.75 Å². The van der Waals surface area contributed by atoms with Gasteiger partial charge in [-0.25, -0.2) is 0 Å². The lowest BCUT2D eigenvalue weighted by Crippen LogP contribution is -2.26. The molecule has 3 rings (SSSR count). The van der Waals surface area contributed by atoms with E-state index < -0.39 is 0 Å². The Morgan fingerprint density at radius 2 is 2.00 bits per heavy atom. The summed E-state index contributed by atoms with van der Waals surface area (Å²) in [6.07, 6.45) is 0. The minimum Gasteiger partial charge on any atom is -0.489 e. The number of hydrogen-bond acceptors (Lipinski definition) is 4. The average Bonchev–Trinajstić information content (AvgIpc) is 3.22. The smallest absolute Gasteiger partial charge is 0.263 e. The summed E-state index contributed by atoms with van der Waals surface area (Å²) in [5.74, 6) is 0.907. The van der Waals surface area contributed by atoms with Gasteiger partial charge in [-0.05, 0) is 56.3 Å². The van der Waals surface area contributed by atoms with E-state index in [2.05, 4.69) is 25.0 Å². The Hall–Kier alpha value is -2.60. The number of aromatic nitrogens is 2. The fourth-order valence-electron chi connectivity index (χ4n) is 3.15. The molecule has 6 heteroatoms. The number of carbonyl (C=O) groups is 1. The van der Waals surface area contributed by atoms with Crippen molar-refractivity contribution in [3.63, 3.8) is 0 Å². The first-order valence-electron chi connectivity index (χ1n) is 9.29. The number of ether oxygens (including phenoxy) is 1. The molecule has 2 heterocycles. The molecule has 0 saturated carbocycles. The number of rotatable bonds is 6. The van der Waals surface area contributed by atoms with Gasteiger partial charge in [0.2, 0.25) is 0 Å². The van der Waals surface area contributed by atoms with Crippen molar-refractivity contribution in [2.24, 2.45) is 7.05 Å². The molecule has 0 saturated heterocycles. The number of hydrogen-bond donors (Lipinski definition) is 0. The molecule has 0 radical (unpaired) electrons. The average molecular weight is 398 g/mol. The van der Waals surface area contributed by atoms with E-state index in [-0.39, 0.29) is 5.91 Å². The molecule has 3 aromatic rings. The van der Waals surface area contributed by atoms with E-state index in [1.165, 1.54) is 16.9 Å². The van der Waals surface area contributed by atoms with E-state index in [0.29, 0.717) is 13.2 Å². The van der Waals surface area contributed by atoms with Crippen LogP contribution in [-0.4, -0.2) is 27.6 Å². The van der Waals surface area contributed by atoms with Crippen molar-refractivity contribution in [1.82, 2.24) is 14.7 Å². The number of amides is 1. The van der Waals surface area contributed by atoms with E-state index in [4.69, 9.17) is 4.74 Å². The second kappa shape index (κ2) is 8.19. The zero-order valence-electron chi connectivity index (χ0n) is 17.4. The van der Waals surface area contributed by atoms with Crippen LogP contribution in [0.25, 0.3) is 0 Å². The van der Waals surface area contributed by atoms with Gasteiger partial charge in [-0.3, -0.25) is 9.48 Å². The maximum absolute atomic E-state index is 12.8. The molecular formula is C22H27N3O2S. The lowest BCUT2D eigenvalue weighted by molar-refractivity contribution is 0.0789. The molecule has 28 heavy (non-hydrogen) atoms. The van der Waals surface area contributed by atoms with Crippen LogP contribution >= 0.6 is 11.3 Å². The number of thiophene rings is 1. The van der Waals surface area contributed by atoms with Crippen LogP contribution in [0.15, 0.2) is 29.6 Å². The van der Waals surface area contributed by atoms with Crippen LogP contribution in [0.1, 0.15) is 43.3 Å². The van der Waals surface area contributed by atoms with Crippen molar-refractivity contribution in [1.29, 1.82) is 0 Å². The molecule has 0 bridgehead atoms. The van der Waals surface area contributed by atoms with Crippen LogP contribution in [0.2, 0.25) is 0 Å². The standard InChI is InChI=1S/C22H27N3O2S/c1-14-8-7-9-20(15(14)2)27-12-18-10-21(28-13-18)22(26)24(5)11-19-16(3)23-25(6)17(19)4/h7-10,13H,11-12H2,1-6H3. The third kappa shape index (κ3) is 4.12. The first kappa shape index (κ1) is 20.1. The molecule has 2 aromatic heterocycles. The van der Waals surface area contributed by atoms with E-state index in [1.54, 1.807) is 4.90 Å². The zero-order chi connectivity index (χ0) is 20.4. The first-order valence-corrected chi connectivity index (χ1v) is 10.2. The normalized spacial score (nSPS) is 10.9. The monoisotopic (exact) mass is 397 g/mol. The Balaban J connectivity index is 1.65. The minimum absolute atomic E-state index is 0.0191. The van der Waals surface area contributed by atoms with Gasteiger partial charge in [0.1, 0.15) is 12.4 Å². The van der Waals surface area contributed by atoms with Crippen molar-refractivity contribution in [3.05, 3.63) is 68.2 Å². The molecule has 0 unspecified atom stereocenters. The molecule has 0 spiro atoms. The summed E-state index contributed by atoms with van der Waals surface area (Å²) >= 11 is 1.46. The molecule has 148 valence electrons. The van der Waals surface area contributed by atoms with Crippen molar-refractivity contribution >= 4 is 17.2 Å². The van der Waals surface area contributed by atoms with Crippen LogP contribution < -0.4 is 4.74 Å². The zero-order valence-corrected chi connectivity index (χ0v) is 18.2. The highest BCUT2D eigenvalue weighted by Gasteiger charge is 2.18. The predicted molar refractivity (Wildman–Crippen MR) is 113 cm³/mol. The minimum atomic E-state index is 0.0191. The highest BCUT2D eigenvalue weighted by molar-refractivity contribution is 7.12. The summed E-state index contributed by atoms with van der Waals surface area (Å²) in [6, 6.07) is 7.98. The highest BCUT2D eigenvalue weighted by atomic mass is 32.1. The van der Waals surface area contributed by atoms with Gasteiger partial charge >= 0.3 is 0 Å². The molecule has 0 fully saturated rings. The van der Waals surface area contributed by atoms with Gasteiger partial charge in [0.25, 0.3) is 5.91 Å². The summed E-state index contributed by atoms with van der Waals surface area (Å²) in [7, 11) is 3.76. The van der Waals surface area contributed by atoms with Gasteiger partial charge in [-0.2, -0.15) is 5.10 Å². The van der Waals surface area contributed by atoms with Crippen LogP contribution in [0, 0.1) is 27.7 Å². The molecule has 0 N–H and O–H groups in total. The molecule has 0 aliphatic heterocycles. The van der Waals surface area contributed by atoms with Gasteiger partial charge in [-0.1, -0.05) is 12.1 Å². The quantitative estimate of drug-likeness (QED) is 0.612. The van der Waals surface area contributed by atoms with Gasteiger partial charge < -0.3 is 9.64 Å². The maximum Gasteiger partial charge on any atom is 0.263 e. The molecule has 1 aromatic carbocycles. The molecule has 0 aliphatic carbocycles. The molecule has 0 aliphatic rings. The topological polar surface area (TPSA) is 47.4 Å². The van der Waals surface area contributed by atoms with Crippen molar-refractivity contribution in [2.45, 2.75) is 40.8 Å². The summed E-state index contributed by atoms with van der Waals surface area (Å²) in [4.78, 5) is 15.3. The Morgan fingerprint density at radius 1 is 1.25 bits per heavy atom. The van der Waals surface area contributed by atoms with Crippen molar-refractivity contribution in [2.75, 3.05) is 7.05 Å². The predicted octanol–water partition coefficient (Wildman–Crippen LogP) is 4.57. The fourth-order valence-corrected chi connectivity index (χ4v) is 4.04. The molecule has 1 amide bonds. The van der Waals surface area contributed by atoms with Gasteiger partial charge in [0.15, 0.2) is 0 Å². The summed E-state index contributed by atoms with van der Waals surface area (Å²) in [5.41, 5.74) is 6.53. The lowest BCUT2D eigenvalue weighted by Gasteiger charge is -2.16. The van der Waals surface area contributed by atoms with Crippen molar-refractivity contribution in [3.8, 4) is 5.75 Å². The van der Waals surface area contributed by atoms with Gasteiger partial charge in [-0.15, -0.1) is 11.3 Å². The lowest BCUT2D eigenvalue weighted by atomic mass is 10.1. The summed E-state index contributed by atoms with van der Waals surface area (Å²) in [6.45, 7) is 9.15. The second-order valence-electron chi connectivity index (χ2n) is 7.24. The van der Waals surface area contributed by atoms with E-state index >= 15 is 0 Å². The first-order chi connectivity index (χ1) is 13.3. The second-order valence-corrected chi connectivity index (χ2v) is 8.15. The van der Waals surface area contributed by atoms with E-state index in [1.807, 2.05) is 56.2 Å². The Kier molecular flexibility index (Phi) is 5.89. The Bertz CT molecular complexity index is 1000. The number of benzene rings is 1. The number of carbonyl (C=O) groups excluding carboxylic acids is 1. The Morgan fingerprint density at radius 3 is 2.68 bits per heavy atom. The van der Waals surface area contributed by atoms with Gasteiger partial charge in [0.05, 0.1) is 10.6 Å². The maximum atomic E-state index is 12.8.